The first-order chi connectivity index (χ1) is 8.28. The minimum absolute atomic E-state index is 0.770. The van der Waals surface area contributed by atoms with Gasteiger partial charge in [0.05, 0.1) is 0 Å². The number of likely N-dealkylation sites (tertiary alicyclic amines) is 1. The highest BCUT2D eigenvalue weighted by atomic mass is 79.9. The van der Waals surface area contributed by atoms with Gasteiger partial charge in [0.2, 0.25) is 0 Å². The summed E-state index contributed by atoms with van der Waals surface area (Å²) in [6.45, 7) is 6.89. The van der Waals surface area contributed by atoms with E-state index in [1.807, 2.05) is 6.07 Å². The molecule has 1 aromatic heterocycles. The smallest absolute Gasteiger partial charge is 0.130 e. The summed E-state index contributed by atoms with van der Waals surface area (Å²) in [6, 6.07) is 1.92. The molecule has 1 aliphatic heterocycles. The van der Waals surface area contributed by atoms with Gasteiger partial charge in [0, 0.05) is 12.6 Å². The van der Waals surface area contributed by atoms with Crippen molar-refractivity contribution in [3.63, 3.8) is 0 Å². The number of nitrogens with zero attached hydrogens (tertiary/aromatic N) is 3. The highest BCUT2D eigenvalue weighted by Crippen LogP contribution is 2.18. The maximum absolute atomic E-state index is 4.19. The molecule has 94 valence electrons. The van der Waals surface area contributed by atoms with E-state index in [1.165, 1.54) is 32.5 Å². The normalized spacial score (nSPS) is 18.2. The van der Waals surface area contributed by atoms with E-state index >= 15 is 0 Å². The quantitative estimate of drug-likeness (QED) is 0.867. The average molecular weight is 299 g/mol. The number of halogens is 1. The molecule has 0 radical (unpaired) electrons. The Kier molecular flexibility index (Phi) is 4.74. The van der Waals surface area contributed by atoms with E-state index in [2.05, 4.69) is 43.0 Å². The van der Waals surface area contributed by atoms with Gasteiger partial charge in [-0.05, 0) is 54.3 Å². The molecule has 0 atom stereocenters. The molecule has 17 heavy (non-hydrogen) atoms. The summed E-state index contributed by atoms with van der Waals surface area (Å²) in [5, 5.41) is 3.39. The molecule has 0 bridgehead atoms. The molecule has 1 aromatic rings. The first kappa shape index (κ1) is 12.8. The minimum atomic E-state index is 0.770. The summed E-state index contributed by atoms with van der Waals surface area (Å²) in [4.78, 5) is 10.7. The Hall–Kier alpha value is -0.680. The average Bonchev–Trinajstić information content (AvgIpc) is 2.37. The lowest BCUT2D eigenvalue weighted by molar-refractivity contribution is 0.198. The van der Waals surface area contributed by atoms with Crippen LogP contribution in [-0.4, -0.2) is 41.0 Å². The van der Waals surface area contributed by atoms with Crippen molar-refractivity contribution in [3.8, 4) is 0 Å². The molecule has 1 saturated heterocycles. The van der Waals surface area contributed by atoms with E-state index in [1.54, 1.807) is 6.33 Å². The van der Waals surface area contributed by atoms with Crippen LogP contribution in [-0.2, 0) is 0 Å². The summed E-state index contributed by atoms with van der Waals surface area (Å²) >= 11 is 3.35. The van der Waals surface area contributed by atoms with Crippen molar-refractivity contribution in [2.75, 3.05) is 31.5 Å². The third-order valence-electron chi connectivity index (χ3n) is 3.36. The number of aromatic nitrogens is 2. The second kappa shape index (κ2) is 6.31. The van der Waals surface area contributed by atoms with Crippen LogP contribution in [0.4, 0.5) is 5.82 Å². The van der Waals surface area contributed by atoms with Crippen LogP contribution in [0.15, 0.2) is 17.0 Å². The van der Waals surface area contributed by atoms with Crippen molar-refractivity contribution in [1.29, 1.82) is 0 Å². The summed E-state index contributed by atoms with van der Waals surface area (Å²) in [5.41, 5.74) is 0. The Morgan fingerprint density at radius 2 is 2.18 bits per heavy atom. The number of anilines is 1. The van der Waals surface area contributed by atoms with Crippen molar-refractivity contribution in [3.05, 3.63) is 17.0 Å². The van der Waals surface area contributed by atoms with Crippen molar-refractivity contribution >= 4 is 21.7 Å². The van der Waals surface area contributed by atoms with E-state index in [0.717, 1.165) is 22.9 Å². The van der Waals surface area contributed by atoms with Crippen molar-refractivity contribution in [2.45, 2.75) is 19.8 Å². The lowest BCUT2D eigenvalue weighted by atomic mass is 9.97. The van der Waals surface area contributed by atoms with Crippen LogP contribution in [0.3, 0.4) is 0 Å². The molecule has 0 aliphatic carbocycles. The third kappa shape index (κ3) is 3.92. The van der Waals surface area contributed by atoms with Gasteiger partial charge in [-0.15, -0.1) is 0 Å². The predicted octanol–water partition coefficient (Wildman–Crippen LogP) is 2.38. The van der Waals surface area contributed by atoms with E-state index in [0.29, 0.717) is 0 Å². The molecule has 4 nitrogen and oxygen atoms in total. The zero-order valence-electron chi connectivity index (χ0n) is 10.2. The summed E-state index contributed by atoms with van der Waals surface area (Å²) in [5.74, 6) is 1.68. The summed E-state index contributed by atoms with van der Waals surface area (Å²) in [6.07, 6.45) is 4.15. The largest absolute Gasteiger partial charge is 0.370 e. The molecule has 0 spiro atoms. The minimum Gasteiger partial charge on any atom is -0.370 e. The number of hydrogen-bond acceptors (Lipinski definition) is 4. The molecule has 0 amide bonds. The van der Waals surface area contributed by atoms with Gasteiger partial charge in [-0.25, -0.2) is 9.97 Å². The van der Waals surface area contributed by atoms with Gasteiger partial charge in [-0.2, -0.15) is 0 Å². The van der Waals surface area contributed by atoms with Gasteiger partial charge in [0.1, 0.15) is 16.7 Å². The molecule has 0 aromatic carbocycles. The van der Waals surface area contributed by atoms with E-state index in [4.69, 9.17) is 0 Å². The maximum atomic E-state index is 4.19. The Balaban J connectivity index is 1.76. The van der Waals surface area contributed by atoms with Gasteiger partial charge in [-0.1, -0.05) is 6.92 Å². The molecule has 0 unspecified atom stereocenters. The van der Waals surface area contributed by atoms with Crippen LogP contribution in [0.25, 0.3) is 0 Å². The Bertz CT molecular complexity index is 350. The molecule has 5 heteroatoms. The first-order valence-corrected chi connectivity index (χ1v) is 7.01. The number of rotatable bonds is 4. The summed E-state index contributed by atoms with van der Waals surface area (Å²) < 4.78 is 0.829. The van der Waals surface area contributed by atoms with E-state index in [-0.39, 0.29) is 0 Å². The Morgan fingerprint density at radius 1 is 1.41 bits per heavy atom. The molecular formula is C12H19BrN4. The first-order valence-electron chi connectivity index (χ1n) is 6.21. The fraction of sp³-hybridized carbons (Fsp3) is 0.667. The van der Waals surface area contributed by atoms with E-state index in [9.17, 15) is 0 Å². The van der Waals surface area contributed by atoms with E-state index < -0.39 is 0 Å². The topological polar surface area (TPSA) is 41.0 Å². The van der Waals surface area contributed by atoms with Crippen LogP contribution in [0.5, 0.6) is 0 Å². The molecule has 2 heterocycles. The van der Waals surface area contributed by atoms with Gasteiger partial charge in [-0.3, -0.25) is 0 Å². The third-order valence-corrected chi connectivity index (χ3v) is 3.79. The lowest BCUT2D eigenvalue weighted by Gasteiger charge is -2.31. The fourth-order valence-corrected chi connectivity index (χ4v) is 2.49. The number of hydrogen-bond donors (Lipinski definition) is 1. The molecule has 0 saturated carbocycles. The van der Waals surface area contributed by atoms with Crippen LogP contribution in [0.2, 0.25) is 0 Å². The fourth-order valence-electron chi connectivity index (χ4n) is 2.19. The molecule has 2 rings (SSSR count). The molecule has 1 fully saturated rings. The lowest BCUT2D eigenvalue weighted by Crippen LogP contribution is -2.35. The van der Waals surface area contributed by atoms with Crippen LogP contribution in [0.1, 0.15) is 19.8 Å². The van der Waals surface area contributed by atoms with Gasteiger partial charge >= 0.3 is 0 Å². The number of nitrogens with one attached hydrogen (secondary N) is 1. The highest BCUT2D eigenvalue weighted by molar-refractivity contribution is 9.10. The highest BCUT2D eigenvalue weighted by Gasteiger charge is 2.17. The van der Waals surface area contributed by atoms with Gasteiger partial charge < -0.3 is 10.2 Å². The monoisotopic (exact) mass is 298 g/mol. The second-order valence-electron chi connectivity index (χ2n) is 4.48. The molecule has 1 N–H and O–H groups in total. The standard InChI is InChI=1S/C12H19BrN4/c1-2-17-5-3-10(4-6-17)8-14-12-7-11(13)15-9-16-12/h7,9-10H,2-6,8H2,1H3,(H,14,15,16). The van der Waals surface area contributed by atoms with Gasteiger partial charge in [0.15, 0.2) is 0 Å². The Labute approximate surface area is 111 Å². The number of piperidine rings is 1. The SMILES string of the molecule is CCN1CCC(CNc2cc(Br)ncn2)CC1. The van der Waals surface area contributed by atoms with Crippen LogP contribution >= 0.6 is 15.9 Å². The second-order valence-corrected chi connectivity index (χ2v) is 5.30. The van der Waals surface area contributed by atoms with Crippen molar-refractivity contribution in [1.82, 2.24) is 14.9 Å². The summed E-state index contributed by atoms with van der Waals surface area (Å²) in [7, 11) is 0. The molecule has 1 aliphatic rings. The van der Waals surface area contributed by atoms with Crippen molar-refractivity contribution < 1.29 is 0 Å². The Morgan fingerprint density at radius 3 is 2.82 bits per heavy atom. The van der Waals surface area contributed by atoms with Gasteiger partial charge in [0.25, 0.3) is 0 Å². The van der Waals surface area contributed by atoms with Crippen LogP contribution in [0, 0.1) is 5.92 Å². The maximum Gasteiger partial charge on any atom is 0.130 e. The predicted molar refractivity (Wildman–Crippen MR) is 73.1 cm³/mol. The molecular weight excluding hydrogens is 280 g/mol. The van der Waals surface area contributed by atoms with Crippen LogP contribution < -0.4 is 5.32 Å². The van der Waals surface area contributed by atoms with Crippen molar-refractivity contribution in [2.24, 2.45) is 5.92 Å². The zero-order valence-corrected chi connectivity index (χ0v) is 11.8. The zero-order chi connectivity index (χ0) is 12.1.